The summed E-state index contributed by atoms with van der Waals surface area (Å²) in [5.41, 5.74) is 0. The van der Waals surface area contributed by atoms with Crippen LogP contribution in [0.3, 0.4) is 0 Å². The van der Waals surface area contributed by atoms with E-state index < -0.39 is 0 Å². The van der Waals surface area contributed by atoms with Gasteiger partial charge in [0.1, 0.15) is 0 Å². The molecule has 2 heterocycles. The van der Waals surface area contributed by atoms with Gasteiger partial charge in [0.25, 0.3) is 0 Å². The minimum Gasteiger partial charge on any atom is -0.434 e. The summed E-state index contributed by atoms with van der Waals surface area (Å²) in [7, 11) is 0. The number of aliphatic hydroxyl groups is 1. The van der Waals surface area contributed by atoms with E-state index in [2.05, 4.69) is 21.2 Å². The van der Waals surface area contributed by atoms with Gasteiger partial charge in [0.2, 0.25) is 5.88 Å². The number of piperidine rings is 1. The Morgan fingerprint density at radius 2 is 2.39 bits per heavy atom. The van der Waals surface area contributed by atoms with Crippen molar-refractivity contribution in [1.82, 2.24) is 4.90 Å². The van der Waals surface area contributed by atoms with Crippen molar-refractivity contribution in [2.24, 2.45) is 0 Å². The highest BCUT2D eigenvalue weighted by Crippen LogP contribution is 2.22. The number of furan rings is 1. The molecule has 0 aromatic carbocycles. The molecule has 6 heteroatoms. The second kappa shape index (κ2) is 6.24. The molecule has 2 rings (SSSR count). The Morgan fingerprint density at radius 1 is 1.56 bits per heavy atom. The van der Waals surface area contributed by atoms with Crippen LogP contribution in [-0.2, 0) is 0 Å². The summed E-state index contributed by atoms with van der Waals surface area (Å²) in [4.78, 5) is 13.9. The van der Waals surface area contributed by atoms with Crippen molar-refractivity contribution in [1.29, 1.82) is 0 Å². The fourth-order valence-corrected chi connectivity index (χ4v) is 2.58. The largest absolute Gasteiger partial charge is 0.434 e. The number of carbonyl (C=O) groups is 1. The van der Waals surface area contributed by atoms with E-state index in [1.807, 2.05) is 0 Å². The highest BCUT2D eigenvalue weighted by atomic mass is 79.9. The molecule has 2 N–H and O–H groups in total. The van der Waals surface area contributed by atoms with Gasteiger partial charge in [-0.2, -0.15) is 0 Å². The summed E-state index contributed by atoms with van der Waals surface area (Å²) in [6, 6.07) is 3.40. The third-order valence-corrected chi connectivity index (χ3v) is 3.58. The fraction of sp³-hybridized carbons (Fsp3) is 0.583. The number of nitrogens with one attached hydrogen (secondary N) is 1. The lowest BCUT2D eigenvalue weighted by Gasteiger charge is -2.35. The van der Waals surface area contributed by atoms with Gasteiger partial charge in [-0.1, -0.05) is 0 Å². The van der Waals surface area contributed by atoms with Crippen LogP contribution in [0.1, 0.15) is 25.7 Å². The number of nitrogens with zero attached hydrogens (tertiary/aromatic N) is 1. The Bertz CT molecular complexity index is 406. The van der Waals surface area contributed by atoms with Crippen LogP contribution in [0.4, 0.5) is 10.7 Å². The fourth-order valence-electron chi connectivity index (χ4n) is 2.28. The van der Waals surface area contributed by atoms with E-state index in [0.717, 1.165) is 25.8 Å². The lowest BCUT2D eigenvalue weighted by Crippen LogP contribution is -2.46. The van der Waals surface area contributed by atoms with Gasteiger partial charge < -0.3 is 14.4 Å². The van der Waals surface area contributed by atoms with Gasteiger partial charge in [-0.15, -0.1) is 0 Å². The number of hydrogen-bond acceptors (Lipinski definition) is 3. The molecule has 0 saturated carbocycles. The summed E-state index contributed by atoms with van der Waals surface area (Å²) in [5.74, 6) is 0.431. The second-order valence-electron chi connectivity index (χ2n) is 4.39. The Labute approximate surface area is 114 Å². The monoisotopic (exact) mass is 316 g/mol. The number of likely N-dealkylation sites (tertiary alicyclic amines) is 1. The van der Waals surface area contributed by atoms with Crippen LogP contribution < -0.4 is 5.32 Å². The first-order valence-corrected chi connectivity index (χ1v) is 6.94. The van der Waals surface area contributed by atoms with Crippen LogP contribution in [-0.4, -0.2) is 35.2 Å². The van der Waals surface area contributed by atoms with E-state index in [-0.39, 0.29) is 18.7 Å². The molecular weight excluding hydrogens is 300 g/mol. The highest BCUT2D eigenvalue weighted by molar-refractivity contribution is 9.10. The summed E-state index contributed by atoms with van der Waals surface area (Å²) in [5, 5.41) is 11.8. The van der Waals surface area contributed by atoms with Crippen LogP contribution in [0.2, 0.25) is 0 Å². The maximum absolute atomic E-state index is 12.1. The van der Waals surface area contributed by atoms with Crippen molar-refractivity contribution in [2.75, 3.05) is 18.5 Å². The predicted molar refractivity (Wildman–Crippen MR) is 71.5 cm³/mol. The Kier molecular flexibility index (Phi) is 4.66. The van der Waals surface area contributed by atoms with Crippen molar-refractivity contribution in [3.05, 3.63) is 16.8 Å². The first-order chi connectivity index (χ1) is 8.70. The molecule has 0 aliphatic carbocycles. The lowest BCUT2D eigenvalue weighted by molar-refractivity contribution is 0.141. The molecule has 1 fully saturated rings. The van der Waals surface area contributed by atoms with Crippen molar-refractivity contribution < 1.29 is 14.3 Å². The van der Waals surface area contributed by atoms with Crippen LogP contribution in [0, 0.1) is 0 Å². The van der Waals surface area contributed by atoms with E-state index in [1.165, 1.54) is 0 Å². The molecule has 1 saturated heterocycles. The number of anilines is 1. The molecule has 2 amide bonds. The summed E-state index contributed by atoms with van der Waals surface area (Å²) < 4.78 is 5.84. The molecule has 5 nitrogen and oxygen atoms in total. The summed E-state index contributed by atoms with van der Waals surface area (Å²) >= 11 is 3.19. The SMILES string of the molecule is O=C(Nc1ccc(Br)o1)N1CCCCC1CCO. The van der Waals surface area contributed by atoms with E-state index >= 15 is 0 Å². The maximum Gasteiger partial charge on any atom is 0.324 e. The quantitative estimate of drug-likeness (QED) is 0.901. The zero-order chi connectivity index (χ0) is 13.0. The number of rotatable bonds is 3. The molecule has 18 heavy (non-hydrogen) atoms. The van der Waals surface area contributed by atoms with Crippen molar-refractivity contribution >= 4 is 27.8 Å². The van der Waals surface area contributed by atoms with Gasteiger partial charge in [-0.3, -0.25) is 5.32 Å². The van der Waals surface area contributed by atoms with Crippen LogP contribution in [0.25, 0.3) is 0 Å². The molecule has 1 unspecified atom stereocenters. The van der Waals surface area contributed by atoms with E-state index in [9.17, 15) is 4.79 Å². The average Bonchev–Trinajstić information content (AvgIpc) is 2.76. The van der Waals surface area contributed by atoms with Crippen molar-refractivity contribution in [2.45, 2.75) is 31.7 Å². The van der Waals surface area contributed by atoms with Gasteiger partial charge in [0.15, 0.2) is 4.67 Å². The van der Waals surface area contributed by atoms with Gasteiger partial charge in [-0.25, -0.2) is 4.79 Å². The number of hydrogen-bond donors (Lipinski definition) is 2. The third-order valence-electron chi connectivity index (χ3n) is 3.15. The zero-order valence-electron chi connectivity index (χ0n) is 10.1. The number of urea groups is 1. The Balaban J connectivity index is 1.97. The number of amides is 2. The van der Waals surface area contributed by atoms with Crippen molar-refractivity contribution in [3.63, 3.8) is 0 Å². The molecule has 0 bridgehead atoms. The van der Waals surface area contributed by atoms with Gasteiger partial charge in [0, 0.05) is 25.3 Å². The molecule has 1 atom stereocenters. The number of aliphatic hydroxyl groups excluding tert-OH is 1. The first-order valence-electron chi connectivity index (χ1n) is 6.14. The summed E-state index contributed by atoms with van der Waals surface area (Å²) in [6.07, 6.45) is 3.71. The Morgan fingerprint density at radius 3 is 3.06 bits per heavy atom. The minimum atomic E-state index is -0.157. The second-order valence-corrected chi connectivity index (χ2v) is 5.17. The highest BCUT2D eigenvalue weighted by Gasteiger charge is 2.26. The molecule has 1 aromatic heterocycles. The molecular formula is C12H17BrN2O3. The standard InChI is InChI=1S/C12H17BrN2O3/c13-10-4-5-11(18-10)14-12(17)15-7-2-1-3-9(15)6-8-16/h4-5,9,16H,1-3,6-8H2,(H,14,17). The van der Waals surface area contributed by atoms with Gasteiger partial charge in [-0.05, 0) is 47.7 Å². The smallest absolute Gasteiger partial charge is 0.324 e. The van der Waals surface area contributed by atoms with E-state index in [1.54, 1.807) is 17.0 Å². The van der Waals surface area contributed by atoms with Crippen LogP contribution >= 0.6 is 15.9 Å². The molecule has 1 aliphatic rings. The van der Waals surface area contributed by atoms with Crippen molar-refractivity contribution in [3.8, 4) is 0 Å². The minimum absolute atomic E-state index is 0.112. The molecule has 1 aliphatic heterocycles. The summed E-state index contributed by atoms with van der Waals surface area (Å²) in [6.45, 7) is 0.846. The van der Waals surface area contributed by atoms with Gasteiger partial charge >= 0.3 is 6.03 Å². The topological polar surface area (TPSA) is 65.7 Å². The van der Waals surface area contributed by atoms with Crippen LogP contribution in [0.5, 0.6) is 0 Å². The molecule has 1 aromatic rings. The first kappa shape index (κ1) is 13.4. The maximum atomic E-state index is 12.1. The predicted octanol–water partition coefficient (Wildman–Crippen LogP) is 2.81. The molecule has 100 valence electrons. The third kappa shape index (κ3) is 3.26. The van der Waals surface area contributed by atoms with E-state index in [0.29, 0.717) is 17.0 Å². The lowest BCUT2D eigenvalue weighted by atomic mass is 10.0. The van der Waals surface area contributed by atoms with Crippen LogP contribution in [0.15, 0.2) is 21.2 Å². The normalized spacial score (nSPS) is 19.9. The number of halogens is 1. The zero-order valence-corrected chi connectivity index (χ0v) is 11.6. The Hall–Kier alpha value is -1.01. The molecule has 0 spiro atoms. The van der Waals surface area contributed by atoms with Gasteiger partial charge in [0.05, 0.1) is 0 Å². The number of carbonyl (C=O) groups excluding carboxylic acids is 1. The van der Waals surface area contributed by atoms with E-state index in [4.69, 9.17) is 9.52 Å². The average molecular weight is 317 g/mol. The molecule has 0 radical (unpaired) electrons.